The highest BCUT2D eigenvalue weighted by Gasteiger charge is 2.33. The summed E-state index contributed by atoms with van der Waals surface area (Å²) < 4.78 is 12.9. The number of esters is 1. The monoisotopic (exact) mass is 494 g/mol. The first-order valence-corrected chi connectivity index (χ1v) is 11.9. The molecule has 1 aliphatic rings. The molecule has 0 radical (unpaired) electrons. The van der Waals surface area contributed by atoms with Crippen molar-refractivity contribution in [3.05, 3.63) is 108 Å². The lowest BCUT2D eigenvalue weighted by atomic mass is 9.96. The number of allylic oxidation sites excluding steroid dienone is 1. The van der Waals surface area contributed by atoms with E-state index in [2.05, 4.69) is 11.6 Å². The summed E-state index contributed by atoms with van der Waals surface area (Å²) in [5.41, 5.74) is 2.23. The van der Waals surface area contributed by atoms with E-state index in [4.69, 9.17) is 21.1 Å². The van der Waals surface area contributed by atoms with Crippen LogP contribution < -0.4 is 19.6 Å². The molecule has 0 unspecified atom stereocenters. The van der Waals surface area contributed by atoms with Gasteiger partial charge in [0.05, 0.1) is 28.5 Å². The first kappa shape index (κ1) is 23.7. The fraction of sp³-hybridized carbons (Fsp3) is 0.192. The molecular formula is C26H23ClN2O4S. The van der Waals surface area contributed by atoms with Crippen molar-refractivity contribution in [2.45, 2.75) is 19.9 Å². The van der Waals surface area contributed by atoms with E-state index in [1.165, 1.54) is 11.3 Å². The Morgan fingerprint density at radius 2 is 1.91 bits per heavy atom. The van der Waals surface area contributed by atoms with Crippen molar-refractivity contribution in [1.29, 1.82) is 0 Å². The van der Waals surface area contributed by atoms with Crippen LogP contribution in [-0.2, 0) is 9.53 Å². The van der Waals surface area contributed by atoms with Crippen LogP contribution in [0.25, 0.3) is 6.08 Å². The van der Waals surface area contributed by atoms with Crippen LogP contribution in [0, 0.1) is 0 Å². The lowest BCUT2D eigenvalue weighted by Crippen LogP contribution is -2.39. The van der Waals surface area contributed by atoms with E-state index >= 15 is 0 Å². The molecule has 0 aliphatic carbocycles. The average Bonchev–Trinajstić information content (AvgIpc) is 3.12. The number of benzene rings is 2. The molecular weight excluding hydrogens is 472 g/mol. The van der Waals surface area contributed by atoms with E-state index in [1.807, 2.05) is 42.5 Å². The topological polar surface area (TPSA) is 69.9 Å². The van der Waals surface area contributed by atoms with Gasteiger partial charge in [-0.15, -0.1) is 0 Å². The Balaban J connectivity index is 1.84. The van der Waals surface area contributed by atoms with E-state index < -0.39 is 12.0 Å². The molecule has 1 aliphatic heterocycles. The molecule has 0 N–H and O–H groups in total. The zero-order valence-corrected chi connectivity index (χ0v) is 20.4. The Bertz CT molecular complexity index is 1430. The number of halogens is 1. The minimum absolute atomic E-state index is 0.222. The van der Waals surface area contributed by atoms with Crippen molar-refractivity contribution in [3.8, 4) is 5.75 Å². The number of carbonyl (C=O) groups is 1. The van der Waals surface area contributed by atoms with Gasteiger partial charge in [0.25, 0.3) is 5.56 Å². The minimum Gasteiger partial charge on any atom is -0.490 e. The summed E-state index contributed by atoms with van der Waals surface area (Å²) in [6.45, 7) is 7.79. The number of rotatable bonds is 7. The summed E-state index contributed by atoms with van der Waals surface area (Å²) in [4.78, 5) is 31.5. The smallest absolute Gasteiger partial charge is 0.338 e. The quantitative estimate of drug-likeness (QED) is 0.367. The zero-order chi connectivity index (χ0) is 24.2. The van der Waals surface area contributed by atoms with Gasteiger partial charge in [-0.2, -0.15) is 0 Å². The Morgan fingerprint density at radius 1 is 1.21 bits per heavy atom. The Kier molecular flexibility index (Phi) is 7.14. The fourth-order valence-corrected chi connectivity index (χ4v) is 4.89. The van der Waals surface area contributed by atoms with Gasteiger partial charge in [-0.25, -0.2) is 9.79 Å². The molecule has 0 saturated heterocycles. The van der Waals surface area contributed by atoms with Gasteiger partial charge in [0.15, 0.2) is 4.80 Å². The summed E-state index contributed by atoms with van der Waals surface area (Å²) in [5.74, 6) is 0.226. The molecule has 0 saturated carbocycles. The van der Waals surface area contributed by atoms with Crippen LogP contribution in [0.2, 0.25) is 5.02 Å². The first-order valence-electron chi connectivity index (χ1n) is 10.7. The molecule has 174 valence electrons. The van der Waals surface area contributed by atoms with Crippen molar-refractivity contribution in [3.63, 3.8) is 0 Å². The van der Waals surface area contributed by atoms with Crippen LogP contribution in [0.1, 0.15) is 31.0 Å². The normalized spacial score (nSPS) is 15.5. The number of hydrogen-bond donors (Lipinski definition) is 0. The molecule has 34 heavy (non-hydrogen) atoms. The predicted molar refractivity (Wildman–Crippen MR) is 134 cm³/mol. The first-order chi connectivity index (χ1) is 16.4. The highest BCUT2D eigenvalue weighted by atomic mass is 35.5. The standard InChI is InChI=1S/C26H23ClN2O4S/c1-4-14-33-20-12-6-17(7-13-20)15-21-24(30)29-23(18-8-10-19(27)11-9-18)22(25(31)32-5-2)16(3)28-26(29)34-21/h4,6-13,15,23H,1,5,14H2,2-3H3/t23-/m1/s1. The Labute approximate surface area is 205 Å². The van der Waals surface area contributed by atoms with Crippen LogP contribution in [0.15, 0.2) is 82.2 Å². The predicted octanol–water partition coefficient (Wildman–Crippen LogP) is 4.02. The van der Waals surface area contributed by atoms with Crippen LogP contribution in [0.4, 0.5) is 0 Å². The molecule has 1 aromatic heterocycles. The van der Waals surface area contributed by atoms with E-state index in [1.54, 1.807) is 36.6 Å². The van der Waals surface area contributed by atoms with Gasteiger partial charge < -0.3 is 9.47 Å². The highest BCUT2D eigenvalue weighted by Crippen LogP contribution is 2.31. The van der Waals surface area contributed by atoms with Crippen LogP contribution in [-0.4, -0.2) is 23.8 Å². The van der Waals surface area contributed by atoms with E-state index in [-0.39, 0.29) is 12.2 Å². The Hall–Kier alpha value is -3.42. The molecule has 1 atom stereocenters. The third-order valence-corrected chi connectivity index (χ3v) is 6.48. The van der Waals surface area contributed by atoms with Crippen LogP contribution >= 0.6 is 22.9 Å². The van der Waals surface area contributed by atoms with Crippen molar-refractivity contribution < 1.29 is 14.3 Å². The van der Waals surface area contributed by atoms with Gasteiger partial charge >= 0.3 is 5.97 Å². The number of aromatic nitrogens is 1. The van der Waals surface area contributed by atoms with Crippen molar-refractivity contribution in [1.82, 2.24) is 4.57 Å². The third-order valence-electron chi connectivity index (χ3n) is 5.25. The van der Waals surface area contributed by atoms with E-state index in [0.29, 0.717) is 32.2 Å². The molecule has 0 amide bonds. The zero-order valence-electron chi connectivity index (χ0n) is 18.8. The summed E-state index contributed by atoms with van der Waals surface area (Å²) in [7, 11) is 0. The van der Waals surface area contributed by atoms with Gasteiger partial charge in [-0.3, -0.25) is 9.36 Å². The molecule has 0 fully saturated rings. The van der Waals surface area contributed by atoms with Gasteiger partial charge in [-0.05, 0) is 55.3 Å². The van der Waals surface area contributed by atoms with Gasteiger partial charge in [-0.1, -0.05) is 59.9 Å². The second kappa shape index (κ2) is 10.2. The van der Waals surface area contributed by atoms with E-state index in [0.717, 1.165) is 16.9 Å². The molecule has 2 heterocycles. The van der Waals surface area contributed by atoms with Crippen LogP contribution in [0.3, 0.4) is 0 Å². The lowest BCUT2D eigenvalue weighted by Gasteiger charge is -2.24. The lowest BCUT2D eigenvalue weighted by molar-refractivity contribution is -0.139. The largest absolute Gasteiger partial charge is 0.490 e. The third kappa shape index (κ3) is 4.76. The van der Waals surface area contributed by atoms with E-state index in [9.17, 15) is 9.59 Å². The number of thiazole rings is 1. The fourth-order valence-electron chi connectivity index (χ4n) is 3.72. The van der Waals surface area contributed by atoms with Crippen LogP contribution in [0.5, 0.6) is 5.75 Å². The second-order valence-corrected chi connectivity index (χ2v) is 8.97. The number of fused-ring (bicyclic) bond motifs is 1. The second-order valence-electron chi connectivity index (χ2n) is 7.52. The van der Waals surface area contributed by atoms with Crippen molar-refractivity contribution >= 4 is 35.0 Å². The van der Waals surface area contributed by atoms with Gasteiger partial charge in [0.2, 0.25) is 0 Å². The maximum atomic E-state index is 13.6. The van der Waals surface area contributed by atoms with Crippen molar-refractivity contribution in [2.24, 2.45) is 4.99 Å². The summed E-state index contributed by atoms with van der Waals surface area (Å²) in [6.07, 6.45) is 3.49. The van der Waals surface area contributed by atoms with Gasteiger partial charge in [0.1, 0.15) is 12.4 Å². The number of carbonyl (C=O) groups excluding carboxylic acids is 1. The molecule has 6 nitrogen and oxygen atoms in total. The Morgan fingerprint density at radius 3 is 2.56 bits per heavy atom. The highest BCUT2D eigenvalue weighted by molar-refractivity contribution is 7.07. The van der Waals surface area contributed by atoms with Crippen molar-refractivity contribution in [2.75, 3.05) is 13.2 Å². The minimum atomic E-state index is -0.663. The average molecular weight is 495 g/mol. The SMILES string of the molecule is C=CCOc1ccc(C=c2sc3n(c2=O)[C@H](c2ccc(Cl)cc2)C(C(=O)OCC)=C(C)N=3)cc1. The maximum absolute atomic E-state index is 13.6. The number of ether oxygens (including phenoxy) is 2. The summed E-state index contributed by atoms with van der Waals surface area (Å²) in [6, 6.07) is 13.9. The molecule has 2 aromatic carbocycles. The van der Waals surface area contributed by atoms with Gasteiger partial charge in [0, 0.05) is 5.02 Å². The molecule has 0 bridgehead atoms. The summed E-state index contributed by atoms with van der Waals surface area (Å²) >= 11 is 7.36. The molecule has 0 spiro atoms. The maximum Gasteiger partial charge on any atom is 0.338 e. The number of nitrogens with zero attached hydrogens (tertiary/aromatic N) is 2. The molecule has 4 rings (SSSR count). The molecule has 8 heteroatoms. The molecule has 3 aromatic rings. The summed E-state index contributed by atoms with van der Waals surface area (Å²) in [5, 5.41) is 0.565. The number of hydrogen-bond acceptors (Lipinski definition) is 6.